The van der Waals surface area contributed by atoms with Crippen LogP contribution in [0.2, 0.25) is 0 Å². The lowest BCUT2D eigenvalue weighted by Crippen LogP contribution is -2.23. The summed E-state index contributed by atoms with van der Waals surface area (Å²) < 4.78 is 34.0. The SMILES string of the molecule is COC(=O)CNP(C)(=O)Oc1ccc(F)cc1. The lowest BCUT2D eigenvalue weighted by atomic mass is 10.3. The van der Waals surface area contributed by atoms with Gasteiger partial charge in [-0.05, 0) is 24.3 Å². The van der Waals surface area contributed by atoms with E-state index in [0.29, 0.717) is 0 Å². The molecule has 1 rings (SSSR count). The standard InChI is InChI=1S/C10H13FNO4P/c1-15-10(13)7-12-17(2,14)16-9-5-3-8(11)4-6-9/h3-6H,7H2,1-2H3,(H,12,14). The number of hydrogen-bond acceptors (Lipinski definition) is 4. The van der Waals surface area contributed by atoms with E-state index in [1.54, 1.807) is 0 Å². The second-order valence-corrected chi connectivity index (χ2v) is 5.49. The van der Waals surface area contributed by atoms with Gasteiger partial charge < -0.3 is 9.26 Å². The third-order valence-corrected chi connectivity index (χ3v) is 3.12. The van der Waals surface area contributed by atoms with Gasteiger partial charge in [0.05, 0.1) is 7.11 Å². The number of hydrogen-bond donors (Lipinski definition) is 1. The zero-order valence-corrected chi connectivity index (χ0v) is 10.4. The molecule has 0 saturated carbocycles. The summed E-state index contributed by atoms with van der Waals surface area (Å²) in [5, 5.41) is 2.44. The van der Waals surface area contributed by atoms with Crippen LogP contribution in [0, 0.1) is 5.82 Å². The van der Waals surface area contributed by atoms with E-state index < -0.39 is 19.3 Å². The van der Waals surface area contributed by atoms with Gasteiger partial charge in [-0.1, -0.05) is 0 Å². The third-order valence-electron chi connectivity index (χ3n) is 1.83. The van der Waals surface area contributed by atoms with Crippen LogP contribution in [0.4, 0.5) is 4.39 Å². The fourth-order valence-electron chi connectivity index (χ4n) is 1.01. The van der Waals surface area contributed by atoms with Crippen LogP contribution in [-0.2, 0) is 14.1 Å². The molecule has 0 fully saturated rings. The van der Waals surface area contributed by atoms with E-state index in [1.165, 1.54) is 38.0 Å². The normalized spacial score (nSPS) is 13.8. The number of rotatable bonds is 5. The molecule has 0 aliphatic rings. The maximum Gasteiger partial charge on any atom is 0.320 e. The molecule has 1 aromatic carbocycles. The largest absolute Gasteiger partial charge is 0.468 e. The second-order valence-electron chi connectivity index (χ2n) is 3.30. The fraction of sp³-hybridized carbons (Fsp3) is 0.300. The summed E-state index contributed by atoms with van der Waals surface area (Å²) in [6.07, 6.45) is 0. The maximum absolute atomic E-state index is 12.6. The predicted molar refractivity (Wildman–Crippen MR) is 60.6 cm³/mol. The Morgan fingerprint density at radius 3 is 2.53 bits per heavy atom. The van der Waals surface area contributed by atoms with Crippen LogP contribution >= 0.6 is 7.52 Å². The number of benzene rings is 1. The van der Waals surface area contributed by atoms with E-state index in [-0.39, 0.29) is 12.3 Å². The van der Waals surface area contributed by atoms with Gasteiger partial charge in [-0.25, -0.2) is 9.48 Å². The Kier molecular flexibility index (Phi) is 4.66. The second kappa shape index (κ2) is 5.80. The van der Waals surface area contributed by atoms with Gasteiger partial charge >= 0.3 is 13.5 Å². The minimum Gasteiger partial charge on any atom is -0.468 e. The molecule has 0 radical (unpaired) electrons. The average molecular weight is 261 g/mol. The highest BCUT2D eigenvalue weighted by Crippen LogP contribution is 2.38. The van der Waals surface area contributed by atoms with Crippen LogP contribution in [0.15, 0.2) is 24.3 Å². The number of halogens is 1. The van der Waals surface area contributed by atoms with Gasteiger partial charge in [0.2, 0.25) is 0 Å². The van der Waals surface area contributed by atoms with E-state index >= 15 is 0 Å². The number of nitrogens with one attached hydrogen (secondary N) is 1. The molecule has 17 heavy (non-hydrogen) atoms. The van der Waals surface area contributed by atoms with Gasteiger partial charge in [0.25, 0.3) is 0 Å². The van der Waals surface area contributed by atoms with Crippen molar-refractivity contribution in [2.75, 3.05) is 20.3 Å². The summed E-state index contributed by atoms with van der Waals surface area (Å²) in [5.74, 6) is -0.699. The van der Waals surface area contributed by atoms with Crippen molar-refractivity contribution in [3.05, 3.63) is 30.1 Å². The van der Waals surface area contributed by atoms with Crippen molar-refractivity contribution < 1.29 is 23.0 Å². The summed E-state index contributed by atoms with van der Waals surface area (Å²) in [4.78, 5) is 10.8. The van der Waals surface area contributed by atoms with Crippen molar-refractivity contribution in [2.45, 2.75) is 0 Å². The Hall–Kier alpha value is -1.39. The van der Waals surface area contributed by atoms with Crippen molar-refractivity contribution in [3.8, 4) is 5.75 Å². The van der Waals surface area contributed by atoms with Crippen molar-refractivity contribution in [2.24, 2.45) is 0 Å². The van der Waals surface area contributed by atoms with Crippen molar-refractivity contribution in [3.63, 3.8) is 0 Å². The molecule has 0 amide bonds. The Balaban J connectivity index is 2.57. The molecule has 1 N–H and O–H groups in total. The van der Waals surface area contributed by atoms with E-state index in [0.717, 1.165) is 0 Å². The minimum atomic E-state index is -3.17. The maximum atomic E-state index is 12.6. The van der Waals surface area contributed by atoms with Crippen LogP contribution in [0.25, 0.3) is 0 Å². The van der Waals surface area contributed by atoms with E-state index in [9.17, 15) is 13.8 Å². The molecular weight excluding hydrogens is 248 g/mol. The lowest BCUT2D eigenvalue weighted by Gasteiger charge is -2.15. The molecule has 1 aromatic rings. The van der Waals surface area contributed by atoms with Crippen LogP contribution < -0.4 is 9.61 Å². The van der Waals surface area contributed by atoms with Crippen molar-refractivity contribution >= 4 is 13.5 Å². The fourth-order valence-corrected chi connectivity index (χ4v) is 2.01. The van der Waals surface area contributed by atoms with Crippen LogP contribution in [-0.4, -0.2) is 26.3 Å². The first-order valence-corrected chi connectivity index (χ1v) is 6.85. The van der Waals surface area contributed by atoms with E-state index in [2.05, 4.69) is 9.82 Å². The molecule has 7 heteroatoms. The Morgan fingerprint density at radius 2 is 2.00 bits per heavy atom. The topological polar surface area (TPSA) is 64.6 Å². The molecular formula is C10H13FNO4P. The number of esters is 1. The highest BCUT2D eigenvalue weighted by atomic mass is 31.2. The molecule has 1 atom stereocenters. The third kappa shape index (κ3) is 4.97. The number of methoxy groups -OCH3 is 1. The molecule has 94 valence electrons. The summed E-state index contributed by atoms with van der Waals surface area (Å²) in [5.41, 5.74) is 0. The van der Waals surface area contributed by atoms with Crippen LogP contribution in [0.5, 0.6) is 5.75 Å². The quantitative estimate of drug-likeness (QED) is 0.646. The van der Waals surface area contributed by atoms with Gasteiger partial charge in [-0.2, -0.15) is 0 Å². The van der Waals surface area contributed by atoms with Crippen molar-refractivity contribution in [1.82, 2.24) is 5.09 Å². The lowest BCUT2D eigenvalue weighted by molar-refractivity contribution is -0.139. The summed E-state index contributed by atoms with van der Waals surface area (Å²) in [7, 11) is -1.94. The summed E-state index contributed by atoms with van der Waals surface area (Å²) >= 11 is 0. The molecule has 0 spiro atoms. The van der Waals surface area contributed by atoms with Gasteiger partial charge in [0, 0.05) is 6.66 Å². The first-order valence-electron chi connectivity index (χ1n) is 4.77. The van der Waals surface area contributed by atoms with E-state index in [4.69, 9.17) is 4.52 Å². The van der Waals surface area contributed by atoms with Crippen LogP contribution in [0.3, 0.4) is 0 Å². The molecule has 5 nitrogen and oxygen atoms in total. The van der Waals surface area contributed by atoms with Gasteiger partial charge in [0.15, 0.2) is 0 Å². The average Bonchev–Trinajstić information content (AvgIpc) is 2.29. The molecule has 0 aromatic heterocycles. The highest BCUT2D eigenvalue weighted by molar-refractivity contribution is 7.56. The summed E-state index contributed by atoms with van der Waals surface area (Å²) in [6, 6.07) is 5.09. The number of carbonyl (C=O) groups excluding carboxylic acids is 1. The van der Waals surface area contributed by atoms with Crippen LogP contribution in [0.1, 0.15) is 0 Å². The smallest absolute Gasteiger partial charge is 0.320 e. The number of ether oxygens (including phenoxy) is 1. The molecule has 0 heterocycles. The first kappa shape index (κ1) is 13.7. The minimum absolute atomic E-state index is 0.217. The predicted octanol–water partition coefficient (Wildman–Crippen LogP) is 1.79. The first-order chi connectivity index (χ1) is 7.93. The number of carbonyl (C=O) groups is 1. The zero-order valence-electron chi connectivity index (χ0n) is 9.47. The molecule has 0 saturated heterocycles. The van der Waals surface area contributed by atoms with Gasteiger partial charge in [0.1, 0.15) is 18.1 Å². The summed E-state index contributed by atoms with van der Waals surface area (Å²) in [6.45, 7) is 1.10. The molecule has 0 aliphatic heterocycles. The Bertz CT molecular complexity index is 434. The Morgan fingerprint density at radius 1 is 1.41 bits per heavy atom. The monoisotopic (exact) mass is 261 g/mol. The zero-order chi connectivity index (χ0) is 12.9. The highest BCUT2D eigenvalue weighted by Gasteiger charge is 2.18. The van der Waals surface area contributed by atoms with E-state index in [1.807, 2.05) is 0 Å². The molecule has 0 aliphatic carbocycles. The van der Waals surface area contributed by atoms with Crippen molar-refractivity contribution in [1.29, 1.82) is 0 Å². The van der Waals surface area contributed by atoms with Gasteiger partial charge in [-0.15, -0.1) is 0 Å². The Labute approximate surface area is 98.4 Å². The molecule has 0 bridgehead atoms. The van der Waals surface area contributed by atoms with Gasteiger partial charge in [-0.3, -0.25) is 9.36 Å². The molecule has 1 unspecified atom stereocenters.